The Bertz CT molecular complexity index is 158. The first kappa shape index (κ1) is 14.3. The molecule has 0 aromatic carbocycles. The Hall–Kier alpha value is 0.274. The van der Waals surface area contributed by atoms with E-state index in [4.69, 9.17) is 17.7 Å². The van der Waals surface area contributed by atoms with E-state index in [1.807, 2.05) is 0 Å². The summed E-state index contributed by atoms with van der Waals surface area (Å²) in [5.41, 5.74) is 1.32. The first-order valence-corrected chi connectivity index (χ1v) is 9.09. The Kier molecular flexibility index (Phi) is 6.78. The van der Waals surface area contributed by atoms with Crippen molar-refractivity contribution in [2.45, 2.75) is 36.8 Å². The van der Waals surface area contributed by atoms with Crippen LogP contribution in [0, 0.1) is 0 Å². The average Bonchev–Trinajstić information content (AvgIpc) is 2.34. The molecule has 0 unspecified atom stereocenters. The van der Waals surface area contributed by atoms with Crippen molar-refractivity contribution in [1.29, 1.82) is 0 Å². The molecule has 0 spiro atoms. The molecule has 0 atom stereocenters. The average molecular weight is 264 g/mol. The topological polar surface area (TPSA) is 36.9 Å². The van der Waals surface area contributed by atoms with Crippen LogP contribution in [0.4, 0.5) is 0 Å². The van der Waals surface area contributed by atoms with Crippen LogP contribution in [0.5, 0.6) is 0 Å². The summed E-state index contributed by atoms with van der Waals surface area (Å²) in [6, 6.07) is 0. The minimum Gasteiger partial charge on any atom is -0.400 e. The molecule has 1 aliphatic carbocycles. The summed E-state index contributed by atoms with van der Waals surface area (Å²) >= 11 is 0. The number of hydrogen-bond donors (Lipinski definition) is 0. The molecule has 16 heavy (non-hydrogen) atoms. The molecule has 1 fully saturated rings. The fraction of sp³-hybridized carbons (Fsp3) is 1.00. The van der Waals surface area contributed by atoms with E-state index in [1.165, 1.54) is 25.7 Å². The van der Waals surface area contributed by atoms with Crippen molar-refractivity contribution in [2.75, 3.05) is 28.4 Å². The van der Waals surface area contributed by atoms with Gasteiger partial charge in [0.15, 0.2) is 0 Å². The molecule has 0 bridgehead atoms. The van der Waals surface area contributed by atoms with E-state index in [2.05, 4.69) is 0 Å². The molecule has 0 radical (unpaired) electrons. The van der Waals surface area contributed by atoms with Gasteiger partial charge in [-0.1, -0.05) is 0 Å². The van der Waals surface area contributed by atoms with Gasteiger partial charge in [0.2, 0.25) is 0 Å². The maximum Gasteiger partial charge on any atom is 0.324 e. The summed E-state index contributed by atoms with van der Waals surface area (Å²) in [5.74, 6) is 0. The Balaban J connectivity index is 2.38. The van der Waals surface area contributed by atoms with Crippen molar-refractivity contribution in [1.82, 2.24) is 0 Å². The third kappa shape index (κ3) is 3.64. The van der Waals surface area contributed by atoms with Gasteiger partial charge in [-0.25, -0.2) is 0 Å². The van der Waals surface area contributed by atoms with Crippen LogP contribution in [0.3, 0.4) is 0 Å². The van der Waals surface area contributed by atoms with E-state index in [-0.39, 0.29) is 0 Å². The van der Waals surface area contributed by atoms with Crippen molar-refractivity contribution >= 4 is 18.6 Å². The van der Waals surface area contributed by atoms with Crippen LogP contribution in [0.1, 0.15) is 25.7 Å². The van der Waals surface area contributed by atoms with Gasteiger partial charge >= 0.3 is 18.6 Å². The molecular formula is C10H24O4Si2. The second-order valence-corrected chi connectivity index (χ2v) is 9.60. The lowest BCUT2D eigenvalue weighted by Gasteiger charge is -2.32. The minimum absolute atomic E-state index is 0.662. The van der Waals surface area contributed by atoms with Gasteiger partial charge in [0.05, 0.1) is 0 Å². The molecule has 1 saturated carbocycles. The lowest BCUT2D eigenvalue weighted by molar-refractivity contribution is 0.233. The Morgan fingerprint density at radius 2 is 0.875 bits per heavy atom. The van der Waals surface area contributed by atoms with Gasteiger partial charge in [0, 0.05) is 28.4 Å². The van der Waals surface area contributed by atoms with E-state index >= 15 is 0 Å². The molecule has 0 heterocycles. The summed E-state index contributed by atoms with van der Waals surface area (Å²) < 4.78 is 21.8. The second-order valence-electron chi connectivity index (χ2n) is 4.35. The van der Waals surface area contributed by atoms with Crippen molar-refractivity contribution in [3.8, 4) is 0 Å². The van der Waals surface area contributed by atoms with E-state index in [9.17, 15) is 0 Å². The van der Waals surface area contributed by atoms with Gasteiger partial charge in [-0.2, -0.15) is 0 Å². The lowest BCUT2D eigenvalue weighted by Crippen LogP contribution is -2.33. The number of rotatable bonds is 6. The normalized spacial score (nSPS) is 26.6. The summed E-state index contributed by atoms with van der Waals surface area (Å²) in [5, 5.41) is 0. The molecule has 4 nitrogen and oxygen atoms in total. The van der Waals surface area contributed by atoms with Crippen molar-refractivity contribution < 1.29 is 17.7 Å². The molecule has 0 saturated heterocycles. The molecule has 1 rings (SSSR count). The zero-order valence-corrected chi connectivity index (χ0v) is 13.1. The van der Waals surface area contributed by atoms with Gasteiger partial charge in [-0.05, 0) is 36.8 Å². The van der Waals surface area contributed by atoms with E-state index < -0.39 is 18.6 Å². The molecular weight excluding hydrogens is 240 g/mol. The van der Waals surface area contributed by atoms with Crippen LogP contribution in [-0.2, 0) is 17.7 Å². The standard InChI is InChI=1S/C10H24O4Si2/c1-11-15(12-2)9-5-7-10(8-6-9)16(13-3)14-4/h9-10,15-16H,5-8H2,1-4H3. The molecule has 6 heteroatoms. The molecule has 0 aliphatic heterocycles. The Labute approximate surface area is 102 Å². The maximum absolute atomic E-state index is 5.45. The highest BCUT2D eigenvalue weighted by atomic mass is 28.3. The highest BCUT2D eigenvalue weighted by Gasteiger charge is 2.34. The van der Waals surface area contributed by atoms with Crippen molar-refractivity contribution in [3.05, 3.63) is 0 Å². The zero-order chi connectivity index (χ0) is 12.0. The molecule has 0 N–H and O–H groups in total. The summed E-state index contributed by atoms with van der Waals surface area (Å²) in [6.45, 7) is 0. The highest BCUT2D eigenvalue weighted by molar-refractivity contribution is 6.47. The third-order valence-electron chi connectivity index (χ3n) is 3.52. The van der Waals surface area contributed by atoms with Gasteiger partial charge in [-0.15, -0.1) is 0 Å². The summed E-state index contributed by atoms with van der Waals surface area (Å²) in [4.78, 5) is 0. The van der Waals surface area contributed by atoms with E-state index in [1.54, 1.807) is 28.4 Å². The van der Waals surface area contributed by atoms with E-state index in [0.29, 0.717) is 11.1 Å². The monoisotopic (exact) mass is 264 g/mol. The zero-order valence-electron chi connectivity index (χ0n) is 10.8. The van der Waals surface area contributed by atoms with Crippen LogP contribution in [0.2, 0.25) is 11.1 Å². The molecule has 0 amide bonds. The first-order valence-electron chi connectivity index (χ1n) is 5.88. The van der Waals surface area contributed by atoms with Crippen LogP contribution in [0.15, 0.2) is 0 Å². The Morgan fingerprint density at radius 3 is 1.06 bits per heavy atom. The van der Waals surface area contributed by atoms with E-state index in [0.717, 1.165) is 0 Å². The van der Waals surface area contributed by atoms with Crippen LogP contribution in [0.25, 0.3) is 0 Å². The lowest BCUT2D eigenvalue weighted by atomic mass is 9.99. The smallest absolute Gasteiger partial charge is 0.324 e. The fourth-order valence-electron chi connectivity index (χ4n) is 2.65. The maximum atomic E-state index is 5.45. The predicted octanol–water partition coefficient (Wildman–Crippen LogP) is 1.33. The predicted molar refractivity (Wildman–Crippen MR) is 68.3 cm³/mol. The third-order valence-corrected chi connectivity index (χ3v) is 8.25. The molecule has 96 valence electrons. The molecule has 1 aliphatic rings. The number of hydrogen-bond acceptors (Lipinski definition) is 4. The Morgan fingerprint density at radius 1 is 0.625 bits per heavy atom. The van der Waals surface area contributed by atoms with Crippen LogP contribution in [-0.4, -0.2) is 47.0 Å². The van der Waals surface area contributed by atoms with Gasteiger partial charge in [0.25, 0.3) is 0 Å². The highest BCUT2D eigenvalue weighted by Crippen LogP contribution is 2.39. The van der Waals surface area contributed by atoms with Crippen LogP contribution >= 0.6 is 0 Å². The molecule has 0 aromatic heterocycles. The van der Waals surface area contributed by atoms with Gasteiger partial charge in [0.1, 0.15) is 0 Å². The largest absolute Gasteiger partial charge is 0.400 e. The van der Waals surface area contributed by atoms with Crippen LogP contribution < -0.4 is 0 Å². The fourth-order valence-corrected chi connectivity index (χ4v) is 6.43. The molecule has 0 aromatic rings. The summed E-state index contributed by atoms with van der Waals surface area (Å²) in [6.07, 6.45) is 4.83. The van der Waals surface area contributed by atoms with Crippen molar-refractivity contribution in [3.63, 3.8) is 0 Å². The van der Waals surface area contributed by atoms with Gasteiger partial charge in [-0.3, -0.25) is 0 Å². The SMILES string of the molecule is CO[SiH](OC)C1CCC([SiH](OC)OC)CC1. The second kappa shape index (κ2) is 7.57. The summed E-state index contributed by atoms with van der Waals surface area (Å²) in [7, 11) is 4.26. The minimum atomic E-state index is -1.42. The van der Waals surface area contributed by atoms with Gasteiger partial charge < -0.3 is 17.7 Å². The first-order chi connectivity index (χ1) is 7.76. The quantitative estimate of drug-likeness (QED) is 0.678. The van der Waals surface area contributed by atoms with Crippen molar-refractivity contribution in [2.24, 2.45) is 0 Å².